The molecule has 24 heavy (non-hydrogen) atoms. The van der Waals surface area contributed by atoms with Crippen LogP contribution in [0.2, 0.25) is 0 Å². The average Bonchev–Trinajstić information content (AvgIpc) is 2.92. The fourth-order valence-electron chi connectivity index (χ4n) is 2.03. The van der Waals surface area contributed by atoms with Crippen LogP contribution in [0.25, 0.3) is 0 Å². The quantitative estimate of drug-likeness (QED) is 0.541. The van der Waals surface area contributed by atoms with E-state index in [9.17, 15) is 14.4 Å². The lowest BCUT2D eigenvalue weighted by atomic mass is 10.1. The van der Waals surface area contributed by atoms with Crippen LogP contribution in [-0.4, -0.2) is 34.8 Å². The molecular weight excluding hydrogens is 328 g/mol. The number of alkyl carbamates (subject to hydrolysis) is 1. The molecule has 6 nitrogen and oxygen atoms in total. The van der Waals surface area contributed by atoms with Crippen LogP contribution in [0.4, 0.5) is 4.79 Å². The first-order valence-corrected chi connectivity index (χ1v) is 8.95. The monoisotopic (exact) mass is 354 g/mol. The highest BCUT2D eigenvalue weighted by atomic mass is 32.1. The first-order chi connectivity index (χ1) is 11.2. The third-order valence-corrected chi connectivity index (χ3v) is 4.20. The maximum atomic E-state index is 12.0. The number of carbonyl (C=O) groups excluding carboxylic acids is 3. The number of hydrogen-bond acceptors (Lipinski definition) is 6. The van der Waals surface area contributed by atoms with Gasteiger partial charge in [-0.2, -0.15) is 0 Å². The molecule has 1 heterocycles. The standard InChI is InChI=1S/C17H26N2O4S/c1-12(19-16(22)23-17(2,3)4)14(21)8-6-5-7-9-15-18-10-13(11-20)24-15/h10-12H,5-9H2,1-4H3,(H,19,22)/t12-/m0/s1. The van der Waals surface area contributed by atoms with E-state index in [0.29, 0.717) is 11.3 Å². The minimum atomic E-state index is -0.577. The van der Waals surface area contributed by atoms with E-state index in [1.165, 1.54) is 11.3 Å². The molecule has 0 unspecified atom stereocenters. The molecule has 0 fully saturated rings. The Hall–Kier alpha value is -1.76. The number of hydrogen-bond donors (Lipinski definition) is 1. The van der Waals surface area contributed by atoms with E-state index in [1.54, 1.807) is 33.9 Å². The van der Waals surface area contributed by atoms with Gasteiger partial charge in [-0.3, -0.25) is 9.59 Å². The minimum Gasteiger partial charge on any atom is -0.444 e. The van der Waals surface area contributed by atoms with Gasteiger partial charge in [0.2, 0.25) is 0 Å². The number of nitrogens with one attached hydrogen (secondary N) is 1. The zero-order valence-electron chi connectivity index (χ0n) is 14.8. The smallest absolute Gasteiger partial charge is 0.408 e. The molecule has 1 N–H and O–H groups in total. The summed E-state index contributed by atoms with van der Waals surface area (Å²) < 4.78 is 5.13. The number of amides is 1. The molecule has 1 rings (SSSR count). The van der Waals surface area contributed by atoms with Crippen LogP contribution in [0.5, 0.6) is 0 Å². The third-order valence-electron chi connectivity index (χ3n) is 3.22. The van der Waals surface area contributed by atoms with Gasteiger partial charge in [-0.25, -0.2) is 9.78 Å². The number of rotatable bonds is 9. The van der Waals surface area contributed by atoms with Crippen molar-refractivity contribution in [2.24, 2.45) is 0 Å². The highest BCUT2D eigenvalue weighted by Gasteiger charge is 2.20. The molecule has 0 saturated carbocycles. The van der Waals surface area contributed by atoms with Crippen molar-refractivity contribution in [3.8, 4) is 0 Å². The summed E-state index contributed by atoms with van der Waals surface area (Å²) in [6.45, 7) is 7.00. The van der Waals surface area contributed by atoms with Crippen molar-refractivity contribution in [3.05, 3.63) is 16.1 Å². The molecule has 0 aliphatic carbocycles. The van der Waals surface area contributed by atoms with Crippen LogP contribution in [0.1, 0.15) is 68.1 Å². The SMILES string of the molecule is C[C@H](NC(=O)OC(C)(C)C)C(=O)CCCCCc1ncc(C=O)s1. The largest absolute Gasteiger partial charge is 0.444 e. The van der Waals surface area contributed by atoms with Crippen molar-refractivity contribution >= 4 is 29.5 Å². The number of ether oxygens (including phenoxy) is 1. The van der Waals surface area contributed by atoms with E-state index in [2.05, 4.69) is 10.3 Å². The second-order valence-corrected chi connectivity index (χ2v) is 7.82. The van der Waals surface area contributed by atoms with Gasteiger partial charge in [0.15, 0.2) is 12.1 Å². The normalized spacial score (nSPS) is 12.5. The number of aromatic nitrogens is 1. The van der Waals surface area contributed by atoms with E-state index < -0.39 is 17.7 Å². The molecule has 0 aliphatic heterocycles. The molecule has 0 spiro atoms. The zero-order valence-corrected chi connectivity index (χ0v) is 15.6. The maximum Gasteiger partial charge on any atom is 0.408 e. The predicted molar refractivity (Wildman–Crippen MR) is 93.5 cm³/mol. The van der Waals surface area contributed by atoms with Gasteiger partial charge in [0.25, 0.3) is 0 Å². The van der Waals surface area contributed by atoms with Crippen LogP contribution in [0.15, 0.2) is 6.20 Å². The number of nitrogens with zero attached hydrogens (tertiary/aromatic N) is 1. The number of aldehydes is 1. The summed E-state index contributed by atoms with van der Waals surface area (Å²) in [7, 11) is 0. The molecule has 0 aromatic carbocycles. The summed E-state index contributed by atoms with van der Waals surface area (Å²) >= 11 is 1.41. The molecule has 1 amide bonds. The van der Waals surface area contributed by atoms with Crippen LogP contribution in [0, 0.1) is 0 Å². The summed E-state index contributed by atoms with van der Waals surface area (Å²) in [5, 5.41) is 3.51. The van der Waals surface area contributed by atoms with Gasteiger partial charge in [-0.1, -0.05) is 6.42 Å². The van der Waals surface area contributed by atoms with Crippen LogP contribution >= 0.6 is 11.3 Å². The van der Waals surface area contributed by atoms with Gasteiger partial charge < -0.3 is 10.1 Å². The van der Waals surface area contributed by atoms with Gasteiger partial charge in [0.05, 0.1) is 15.9 Å². The summed E-state index contributed by atoms with van der Waals surface area (Å²) in [5.74, 6) is -0.00153. The van der Waals surface area contributed by atoms with Crippen molar-refractivity contribution < 1.29 is 19.1 Å². The van der Waals surface area contributed by atoms with Gasteiger partial charge in [0.1, 0.15) is 5.60 Å². The second-order valence-electron chi connectivity index (χ2n) is 6.67. The van der Waals surface area contributed by atoms with E-state index in [1.807, 2.05) is 0 Å². The first-order valence-electron chi connectivity index (χ1n) is 8.13. The van der Waals surface area contributed by atoms with Crippen molar-refractivity contribution in [1.82, 2.24) is 10.3 Å². The summed E-state index contributed by atoms with van der Waals surface area (Å²) in [6.07, 6.45) is 5.66. The Balaban J connectivity index is 2.18. The number of aryl methyl sites for hydroxylation is 1. The Labute approximate surface area is 147 Å². The van der Waals surface area contributed by atoms with E-state index >= 15 is 0 Å². The molecule has 0 saturated heterocycles. The van der Waals surface area contributed by atoms with Crippen LogP contribution in [0.3, 0.4) is 0 Å². The molecule has 1 aromatic heterocycles. The number of ketones is 1. The summed E-state index contributed by atoms with van der Waals surface area (Å²) in [4.78, 5) is 39.0. The van der Waals surface area contributed by atoms with Crippen molar-refractivity contribution in [1.29, 1.82) is 0 Å². The van der Waals surface area contributed by atoms with Gasteiger partial charge >= 0.3 is 6.09 Å². The third kappa shape index (κ3) is 8.19. The van der Waals surface area contributed by atoms with Crippen molar-refractivity contribution in [3.63, 3.8) is 0 Å². The lowest BCUT2D eigenvalue weighted by molar-refractivity contribution is -0.120. The van der Waals surface area contributed by atoms with Crippen LogP contribution < -0.4 is 5.32 Å². The van der Waals surface area contributed by atoms with Crippen molar-refractivity contribution in [2.45, 2.75) is 71.4 Å². The first kappa shape index (κ1) is 20.3. The lowest BCUT2D eigenvalue weighted by Gasteiger charge is -2.21. The molecule has 0 bridgehead atoms. The summed E-state index contributed by atoms with van der Waals surface area (Å²) in [5.41, 5.74) is -0.577. The maximum absolute atomic E-state index is 12.0. The summed E-state index contributed by atoms with van der Waals surface area (Å²) in [6, 6.07) is -0.547. The van der Waals surface area contributed by atoms with Crippen LogP contribution in [-0.2, 0) is 16.0 Å². The molecule has 0 radical (unpaired) electrons. The lowest BCUT2D eigenvalue weighted by Crippen LogP contribution is -2.41. The molecular formula is C17H26N2O4S. The number of Topliss-reactive ketones (excluding diaryl/α,β-unsaturated/α-hetero) is 1. The molecule has 134 valence electrons. The Kier molecular flexibility index (Phi) is 8.04. The minimum absolute atomic E-state index is 0.00153. The Morgan fingerprint density at radius 1 is 1.33 bits per heavy atom. The van der Waals surface area contributed by atoms with Gasteiger partial charge in [-0.05, 0) is 47.0 Å². The molecule has 0 aliphatic rings. The van der Waals surface area contributed by atoms with Gasteiger partial charge in [-0.15, -0.1) is 11.3 Å². The second kappa shape index (κ2) is 9.52. The molecule has 1 atom stereocenters. The number of thiazole rings is 1. The average molecular weight is 354 g/mol. The predicted octanol–water partition coefficient (Wildman–Crippen LogP) is 3.54. The topological polar surface area (TPSA) is 85.4 Å². The molecule has 1 aromatic rings. The fourth-order valence-corrected chi connectivity index (χ4v) is 2.81. The highest BCUT2D eigenvalue weighted by Crippen LogP contribution is 2.14. The van der Waals surface area contributed by atoms with Crippen molar-refractivity contribution in [2.75, 3.05) is 0 Å². The van der Waals surface area contributed by atoms with E-state index in [-0.39, 0.29) is 5.78 Å². The van der Waals surface area contributed by atoms with E-state index in [0.717, 1.165) is 37.0 Å². The fraction of sp³-hybridized carbons (Fsp3) is 0.647. The Morgan fingerprint density at radius 2 is 2.04 bits per heavy atom. The van der Waals surface area contributed by atoms with E-state index in [4.69, 9.17) is 4.74 Å². The van der Waals surface area contributed by atoms with Gasteiger partial charge in [0, 0.05) is 12.6 Å². The highest BCUT2D eigenvalue weighted by molar-refractivity contribution is 7.13. The number of unbranched alkanes of at least 4 members (excludes halogenated alkanes) is 2. The Bertz CT molecular complexity index is 563. The zero-order chi connectivity index (χ0) is 18.2. The number of carbonyl (C=O) groups is 3. The molecule has 7 heteroatoms. The Morgan fingerprint density at radius 3 is 2.62 bits per heavy atom.